The van der Waals surface area contributed by atoms with Crippen molar-refractivity contribution in [2.45, 2.75) is 96.5 Å². The number of rotatable bonds is 5. The SMILES string of the molecule is CC.CCCc1cc(Cl)ccc1C1COc2ccc3cc2N(C1)CC1CCC1C(OC)(C(C)O)/C=C/CC(C)C(C)S(=O)NC3=O. The zero-order valence-corrected chi connectivity index (χ0v) is 30.1. The number of aryl methyl sites for hydroxylation is 1. The number of anilines is 1. The molecule has 8 atom stereocenters. The molecule has 2 aliphatic heterocycles. The van der Waals surface area contributed by atoms with E-state index in [4.69, 9.17) is 21.1 Å². The summed E-state index contributed by atoms with van der Waals surface area (Å²) in [7, 11) is 0.118. The van der Waals surface area contributed by atoms with Crippen LogP contribution in [0.2, 0.25) is 5.02 Å². The highest BCUT2D eigenvalue weighted by molar-refractivity contribution is 7.84. The second-order valence-corrected chi connectivity index (χ2v) is 14.9. The second-order valence-electron chi connectivity index (χ2n) is 12.9. The van der Waals surface area contributed by atoms with E-state index in [1.807, 2.05) is 58.9 Å². The quantitative estimate of drug-likeness (QED) is 0.321. The molecular weight excluding hydrogens is 620 g/mol. The van der Waals surface area contributed by atoms with Crippen LogP contribution in [0.1, 0.15) is 94.6 Å². The number of aliphatic hydroxyl groups is 1. The molecule has 1 saturated carbocycles. The summed E-state index contributed by atoms with van der Waals surface area (Å²) in [6.07, 6.45) is 7.95. The summed E-state index contributed by atoms with van der Waals surface area (Å²) < 4.78 is 28.6. The Balaban J connectivity index is 0.00000235. The third-order valence-electron chi connectivity index (χ3n) is 10.2. The van der Waals surface area contributed by atoms with Gasteiger partial charge in [-0.15, -0.1) is 0 Å². The van der Waals surface area contributed by atoms with Gasteiger partial charge >= 0.3 is 0 Å². The number of ether oxygens (including phenoxy) is 2. The van der Waals surface area contributed by atoms with Gasteiger partial charge in [-0.1, -0.05) is 63.9 Å². The van der Waals surface area contributed by atoms with Crippen molar-refractivity contribution in [3.8, 4) is 5.75 Å². The zero-order valence-electron chi connectivity index (χ0n) is 28.6. The van der Waals surface area contributed by atoms with Gasteiger partial charge in [-0.05, 0) is 98.7 Å². The second kappa shape index (κ2) is 16.1. The number of hydrogen-bond acceptors (Lipinski definition) is 6. The van der Waals surface area contributed by atoms with Crippen molar-refractivity contribution < 1.29 is 23.6 Å². The molecule has 8 unspecified atom stereocenters. The summed E-state index contributed by atoms with van der Waals surface area (Å²) in [5.41, 5.74) is 2.95. The lowest BCUT2D eigenvalue weighted by molar-refractivity contribution is -0.136. The van der Waals surface area contributed by atoms with Gasteiger partial charge in [0.05, 0.1) is 23.6 Å². The molecule has 7 nitrogen and oxygen atoms in total. The van der Waals surface area contributed by atoms with Crippen LogP contribution in [0.15, 0.2) is 48.6 Å². The van der Waals surface area contributed by atoms with Crippen molar-refractivity contribution in [2.75, 3.05) is 31.7 Å². The number of nitrogens with zero attached hydrogens (tertiary/aromatic N) is 1. The van der Waals surface area contributed by atoms with Gasteiger partial charge in [0, 0.05) is 36.7 Å². The third kappa shape index (κ3) is 7.67. The lowest BCUT2D eigenvalue weighted by Crippen LogP contribution is -2.56. The van der Waals surface area contributed by atoms with E-state index in [2.05, 4.69) is 34.8 Å². The summed E-state index contributed by atoms with van der Waals surface area (Å²) in [4.78, 5) is 15.7. The van der Waals surface area contributed by atoms with Crippen molar-refractivity contribution in [1.82, 2.24) is 4.72 Å². The molecule has 2 N–H and O–H groups in total. The number of carbonyl (C=O) groups is 1. The zero-order chi connectivity index (χ0) is 33.6. The van der Waals surface area contributed by atoms with Crippen molar-refractivity contribution in [3.63, 3.8) is 0 Å². The highest BCUT2D eigenvalue weighted by atomic mass is 35.5. The Labute approximate surface area is 283 Å². The molecule has 0 aromatic heterocycles. The number of carbonyl (C=O) groups excluding carboxylic acids is 1. The van der Waals surface area contributed by atoms with Crippen LogP contribution in [0.4, 0.5) is 5.69 Å². The standard InChI is InChI=1S/C35H47ClN2O5S.C2H6/c1-6-8-25-17-29(36)12-13-30(25)28-20-38-19-27-10-14-31(27)35(42-5,24(4)39)16-7-9-22(2)23(3)44(41)37-34(40)26-11-15-33(43-21-28)32(38)18-26;1-2/h7,11-13,15-18,22-24,27-28,31,39H,6,8-10,14,19-21H2,1-5H3,(H,37,40);1-2H3/b16-7+;. The van der Waals surface area contributed by atoms with Gasteiger partial charge in [0.25, 0.3) is 5.91 Å². The van der Waals surface area contributed by atoms with Gasteiger partial charge in [0.15, 0.2) is 0 Å². The van der Waals surface area contributed by atoms with Gasteiger partial charge in [-0.2, -0.15) is 0 Å². The largest absolute Gasteiger partial charge is 0.491 e. The monoisotopic (exact) mass is 672 g/mol. The van der Waals surface area contributed by atoms with Crippen LogP contribution >= 0.6 is 11.6 Å². The first-order valence-corrected chi connectivity index (χ1v) is 18.6. The van der Waals surface area contributed by atoms with Crippen LogP contribution in [-0.4, -0.2) is 59.0 Å². The molecule has 2 aromatic rings. The minimum absolute atomic E-state index is 0.0411. The predicted molar refractivity (Wildman–Crippen MR) is 189 cm³/mol. The van der Waals surface area contributed by atoms with Gasteiger partial charge in [-0.25, -0.2) is 4.21 Å². The van der Waals surface area contributed by atoms with Crippen molar-refractivity contribution >= 4 is 34.2 Å². The fraction of sp³-hybridized carbons (Fsp3) is 0.595. The molecule has 0 radical (unpaired) electrons. The fourth-order valence-electron chi connectivity index (χ4n) is 7.19. The smallest absolute Gasteiger partial charge is 0.263 e. The molecule has 9 heteroatoms. The van der Waals surface area contributed by atoms with E-state index < -0.39 is 22.7 Å². The maximum Gasteiger partial charge on any atom is 0.263 e. The lowest BCUT2D eigenvalue weighted by atomic mass is 9.62. The van der Waals surface area contributed by atoms with E-state index in [-0.39, 0.29) is 34.8 Å². The van der Waals surface area contributed by atoms with Gasteiger partial charge < -0.3 is 19.5 Å². The normalized spacial score (nSPS) is 31.1. The van der Waals surface area contributed by atoms with Crippen LogP contribution in [0.25, 0.3) is 0 Å². The topological polar surface area (TPSA) is 88.1 Å². The number of methoxy groups -OCH3 is 1. The molecule has 1 fully saturated rings. The van der Waals surface area contributed by atoms with Gasteiger partial charge in [0.2, 0.25) is 0 Å². The molecule has 1 aliphatic carbocycles. The molecule has 2 bridgehead atoms. The first kappa shape index (κ1) is 36.4. The number of allylic oxidation sites excluding steroid dienone is 1. The van der Waals surface area contributed by atoms with Gasteiger partial charge in [-0.3, -0.25) is 9.52 Å². The summed E-state index contributed by atoms with van der Waals surface area (Å²) in [5.74, 6) is 0.868. The summed E-state index contributed by atoms with van der Waals surface area (Å²) in [6, 6.07) is 11.7. The van der Waals surface area contributed by atoms with E-state index in [0.29, 0.717) is 25.1 Å². The Morgan fingerprint density at radius 3 is 2.59 bits per heavy atom. The fourth-order valence-corrected chi connectivity index (χ4v) is 8.41. The highest BCUT2D eigenvalue weighted by Gasteiger charge is 2.50. The van der Waals surface area contributed by atoms with Crippen molar-refractivity contribution in [3.05, 3.63) is 70.3 Å². The number of amides is 1. The summed E-state index contributed by atoms with van der Waals surface area (Å²) in [5, 5.41) is 11.6. The number of hydrogen-bond donors (Lipinski definition) is 2. The first-order chi connectivity index (χ1) is 22.1. The van der Waals surface area contributed by atoms with Crippen LogP contribution in [-0.2, 0) is 22.1 Å². The number of benzene rings is 2. The Morgan fingerprint density at radius 1 is 1.17 bits per heavy atom. The maximum atomic E-state index is 13.4. The van der Waals surface area contributed by atoms with E-state index >= 15 is 0 Å². The molecule has 2 heterocycles. The molecule has 0 spiro atoms. The molecule has 2 aromatic carbocycles. The van der Waals surface area contributed by atoms with Crippen LogP contribution < -0.4 is 14.4 Å². The van der Waals surface area contributed by atoms with Crippen molar-refractivity contribution in [1.29, 1.82) is 0 Å². The van der Waals surface area contributed by atoms with Crippen molar-refractivity contribution in [2.24, 2.45) is 17.8 Å². The minimum Gasteiger partial charge on any atom is -0.491 e. The van der Waals surface area contributed by atoms with E-state index in [1.54, 1.807) is 13.2 Å². The first-order valence-electron chi connectivity index (χ1n) is 17.0. The number of halogens is 1. The number of aliphatic hydroxyl groups excluding tert-OH is 1. The molecule has 5 rings (SSSR count). The number of fused-ring (bicyclic) bond motifs is 2. The van der Waals surface area contributed by atoms with Crippen LogP contribution in [0.3, 0.4) is 0 Å². The minimum atomic E-state index is -1.57. The lowest BCUT2D eigenvalue weighted by Gasteiger charge is -2.51. The Hall–Kier alpha value is -2.39. The average molecular weight is 673 g/mol. The van der Waals surface area contributed by atoms with Crippen LogP contribution in [0.5, 0.6) is 5.75 Å². The molecular formula is C37H53ClN2O5S. The Morgan fingerprint density at radius 2 is 1.93 bits per heavy atom. The average Bonchev–Trinajstić information content (AvgIpc) is 3.21. The van der Waals surface area contributed by atoms with Crippen LogP contribution in [0, 0.1) is 17.8 Å². The summed E-state index contributed by atoms with van der Waals surface area (Å²) in [6.45, 7) is 13.8. The maximum absolute atomic E-state index is 13.4. The predicted octanol–water partition coefficient (Wildman–Crippen LogP) is 7.47. The molecule has 0 saturated heterocycles. The number of nitrogens with one attached hydrogen (secondary N) is 1. The molecule has 46 heavy (non-hydrogen) atoms. The molecule has 3 aliphatic rings. The highest BCUT2D eigenvalue weighted by Crippen LogP contribution is 2.48. The van der Waals surface area contributed by atoms with E-state index in [1.165, 1.54) is 11.1 Å². The van der Waals surface area contributed by atoms with E-state index in [0.717, 1.165) is 48.7 Å². The molecule has 254 valence electrons. The Kier molecular flexibility index (Phi) is 12.8. The molecule has 1 amide bonds. The third-order valence-corrected chi connectivity index (χ3v) is 11.9. The van der Waals surface area contributed by atoms with Gasteiger partial charge in [0.1, 0.15) is 22.3 Å². The summed E-state index contributed by atoms with van der Waals surface area (Å²) >= 11 is 6.42. The Bertz CT molecular complexity index is 1400. The van der Waals surface area contributed by atoms with E-state index in [9.17, 15) is 14.1 Å².